The number of hydrogen-bond donors (Lipinski definition) is 1. The number of nitrogens with zero attached hydrogens (tertiary/aromatic N) is 2. The minimum atomic E-state index is -0.110. The van der Waals surface area contributed by atoms with E-state index in [1.807, 2.05) is 24.3 Å². The second kappa shape index (κ2) is 5.44. The third-order valence-corrected chi connectivity index (χ3v) is 4.42. The monoisotopic (exact) mass is 295 g/mol. The van der Waals surface area contributed by atoms with Gasteiger partial charge in [-0.3, -0.25) is 10.2 Å². The molecule has 22 heavy (non-hydrogen) atoms. The van der Waals surface area contributed by atoms with E-state index in [-0.39, 0.29) is 6.04 Å². The van der Waals surface area contributed by atoms with Gasteiger partial charge in [0.05, 0.1) is 5.57 Å². The molecule has 0 fully saturated rings. The maximum absolute atomic E-state index is 10.8. The molecule has 4 heteroatoms. The summed E-state index contributed by atoms with van der Waals surface area (Å²) in [6, 6.07) is 10.1. The van der Waals surface area contributed by atoms with Gasteiger partial charge in [0.1, 0.15) is 6.61 Å². The van der Waals surface area contributed by atoms with E-state index in [1.165, 1.54) is 10.3 Å². The van der Waals surface area contributed by atoms with Crippen LogP contribution >= 0.6 is 0 Å². The smallest absolute Gasteiger partial charge is 0.257 e. The number of allylic oxidation sites excluding steroid dienone is 1. The van der Waals surface area contributed by atoms with Crippen molar-refractivity contribution in [1.82, 2.24) is 0 Å². The van der Waals surface area contributed by atoms with Crippen molar-refractivity contribution < 1.29 is 14.7 Å². The van der Waals surface area contributed by atoms with E-state index in [0.29, 0.717) is 6.61 Å². The Morgan fingerprint density at radius 2 is 2.14 bits per heavy atom. The Labute approximate surface area is 129 Å². The summed E-state index contributed by atoms with van der Waals surface area (Å²) in [6.07, 6.45) is 6.65. The van der Waals surface area contributed by atoms with Crippen LogP contribution in [-0.2, 0) is 11.2 Å². The molecule has 0 spiro atoms. The third-order valence-electron chi connectivity index (χ3n) is 4.42. The summed E-state index contributed by atoms with van der Waals surface area (Å²) in [7, 11) is 0. The number of ether oxygens (including phenoxy) is 1. The Balaban J connectivity index is 1.79. The molecule has 3 aliphatic rings. The predicted molar refractivity (Wildman–Crippen MR) is 84.6 cm³/mol. The van der Waals surface area contributed by atoms with Crippen LogP contribution < -0.4 is 0 Å². The van der Waals surface area contributed by atoms with Gasteiger partial charge in [-0.05, 0) is 28.9 Å². The van der Waals surface area contributed by atoms with Crippen LogP contribution in [0.5, 0.6) is 0 Å². The van der Waals surface area contributed by atoms with Gasteiger partial charge in [0.25, 0.3) is 5.71 Å². The molecule has 1 atom stereocenters. The van der Waals surface area contributed by atoms with E-state index in [0.717, 1.165) is 48.6 Å². The lowest BCUT2D eigenvalue weighted by Crippen LogP contribution is -2.44. The van der Waals surface area contributed by atoms with Crippen LogP contribution in [0, 0.1) is 0 Å². The van der Waals surface area contributed by atoms with Gasteiger partial charge < -0.3 is 4.74 Å². The van der Waals surface area contributed by atoms with Gasteiger partial charge in [0.15, 0.2) is 11.5 Å². The van der Waals surface area contributed by atoms with Crippen molar-refractivity contribution in [2.75, 3.05) is 13.2 Å². The maximum atomic E-state index is 10.8. The molecule has 0 aromatic heterocycles. The number of hydroxylamine groups is 1. The van der Waals surface area contributed by atoms with Crippen molar-refractivity contribution in [3.8, 4) is 0 Å². The zero-order chi connectivity index (χ0) is 14.9. The molecule has 1 aromatic rings. The average Bonchev–Trinajstić information content (AvgIpc) is 2.59. The molecule has 0 radical (unpaired) electrons. The van der Waals surface area contributed by atoms with Crippen LogP contribution in [0.3, 0.4) is 0 Å². The number of fused-ring (bicyclic) bond motifs is 2. The highest BCUT2D eigenvalue weighted by molar-refractivity contribution is 6.47. The first kappa shape index (κ1) is 13.3. The lowest BCUT2D eigenvalue weighted by Gasteiger charge is -2.27. The lowest BCUT2D eigenvalue weighted by molar-refractivity contribution is -0.793. The second-order valence-electron chi connectivity index (χ2n) is 5.83. The molecule has 3 heterocycles. The standard InChI is InChI=1S/C18H19N2O2/c21-20-15-9-4-10-19-17(15)18-14(8-5-11-22-18)16(20)12-13-6-2-1-3-7-13/h1-3,5-8,16,21H,4,9-12H2/q+1. The van der Waals surface area contributed by atoms with Gasteiger partial charge in [-0.2, -0.15) is 0 Å². The fourth-order valence-corrected chi connectivity index (χ4v) is 3.36. The summed E-state index contributed by atoms with van der Waals surface area (Å²) in [5.41, 5.74) is 3.98. The minimum Gasteiger partial charge on any atom is -0.486 e. The number of benzene rings is 1. The fraction of sp³-hybridized carbons (Fsp3) is 0.333. The maximum Gasteiger partial charge on any atom is 0.257 e. The van der Waals surface area contributed by atoms with Crippen LogP contribution in [0.4, 0.5) is 0 Å². The van der Waals surface area contributed by atoms with Crippen molar-refractivity contribution >= 4 is 11.4 Å². The molecule has 1 unspecified atom stereocenters. The van der Waals surface area contributed by atoms with E-state index in [2.05, 4.69) is 23.2 Å². The van der Waals surface area contributed by atoms with E-state index >= 15 is 0 Å². The van der Waals surface area contributed by atoms with Crippen LogP contribution in [0.25, 0.3) is 0 Å². The number of rotatable bonds is 2. The first-order chi connectivity index (χ1) is 10.8. The Hall–Kier alpha value is -2.36. The lowest BCUT2D eigenvalue weighted by atomic mass is 9.89. The summed E-state index contributed by atoms with van der Waals surface area (Å²) in [4.78, 5) is 4.59. The summed E-state index contributed by atoms with van der Waals surface area (Å²) in [6.45, 7) is 1.38. The molecule has 1 N–H and O–H groups in total. The van der Waals surface area contributed by atoms with Crippen molar-refractivity contribution in [3.63, 3.8) is 0 Å². The van der Waals surface area contributed by atoms with Gasteiger partial charge in [-0.25, -0.2) is 0 Å². The Morgan fingerprint density at radius 3 is 3.00 bits per heavy atom. The molecular formula is C18H19N2O2+. The first-order valence-electron chi connectivity index (χ1n) is 7.81. The van der Waals surface area contributed by atoms with Crippen molar-refractivity contribution in [2.45, 2.75) is 25.3 Å². The Kier molecular flexibility index (Phi) is 3.29. The van der Waals surface area contributed by atoms with Crippen LogP contribution in [-0.4, -0.2) is 40.6 Å². The molecule has 0 bridgehead atoms. The minimum absolute atomic E-state index is 0.110. The topological polar surface area (TPSA) is 44.8 Å². The van der Waals surface area contributed by atoms with Crippen LogP contribution in [0.2, 0.25) is 0 Å². The third kappa shape index (κ3) is 2.15. The highest BCUT2D eigenvalue weighted by atomic mass is 16.5. The largest absolute Gasteiger partial charge is 0.486 e. The first-order valence-corrected chi connectivity index (χ1v) is 7.81. The molecule has 0 saturated heterocycles. The van der Waals surface area contributed by atoms with Crippen molar-refractivity contribution in [3.05, 3.63) is 59.4 Å². The summed E-state index contributed by atoms with van der Waals surface area (Å²) >= 11 is 0. The van der Waals surface area contributed by atoms with Crippen LogP contribution in [0.1, 0.15) is 18.4 Å². The molecule has 4 nitrogen and oxygen atoms in total. The van der Waals surface area contributed by atoms with Crippen LogP contribution in [0.15, 0.2) is 58.8 Å². The van der Waals surface area contributed by atoms with Gasteiger partial charge in [-0.15, -0.1) is 0 Å². The second-order valence-corrected chi connectivity index (χ2v) is 5.83. The summed E-state index contributed by atoms with van der Waals surface area (Å²) in [5, 5.41) is 10.8. The quantitative estimate of drug-likeness (QED) is 0.673. The van der Waals surface area contributed by atoms with E-state index < -0.39 is 0 Å². The highest BCUT2D eigenvalue weighted by Gasteiger charge is 2.43. The normalized spacial score (nSPS) is 23.6. The van der Waals surface area contributed by atoms with Gasteiger partial charge in [-0.1, -0.05) is 30.3 Å². The number of aliphatic imine (C=N–C) groups is 1. The summed E-state index contributed by atoms with van der Waals surface area (Å²) in [5.74, 6) is 0.864. The van der Waals surface area contributed by atoms with E-state index in [1.54, 1.807) is 0 Å². The van der Waals surface area contributed by atoms with E-state index in [9.17, 15) is 5.21 Å². The molecule has 3 aliphatic heterocycles. The van der Waals surface area contributed by atoms with Crippen molar-refractivity contribution in [2.24, 2.45) is 4.99 Å². The predicted octanol–water partition coefficient (Wildman–Crippen LogP) is 2.53. The average molecular weight is 295 g/mol. The molecule has 4 rings (SSSR count). The molecular weight excluding hydrogens is 276 g/mol. The van der Waals surface area contributed by atoms with Gasteiger partial charge >= 0.3 is 0 Å². The molecule has 112 valence electrons. The molecule has 0 saturated carbocycles. The van der Waals surface area contributed by atoms with Gasteiger partial charge in [0.2, 0.25) is 6.04 Å². The SMILES string of the molecule is O[N+]1=C2CCCN=C2C2=C(C=CCO2)C1Cc1ccccc1. The zero-order valence-corrected chi connectivity index (χ0v) is 12.4. The molecule has 0 aliphatic carbocycles. The summed E-state index contributed by atoms with van der Waals surface area (Å²) < 4.78 is 7.29. The fourth-order valence-electron chi connectivity index (χ4n) is 3.36. The zero-order valence-electron chi connectivity index (χ0n) is 12.4. The molecule has 1 aromatic carbocycles. The van der Waals surface area contributed by atoms with E-state index in [4.69, 9.17) is 4.74 Å². The Bertz CT molecular complexity index is 714. The molecule has 0 amide bonds. The van der Waals surface area contributed by atoms with Crippen molar-refractivity contribution in [1.29, 1.82) is 0 Å². The number of hydrogen-bond acceptors (Lipinski definition) is 3. The van der Waals surface area contributed by atoms with Gasteiger partial charge in [0, 0.05) is 19.4 Å². The Morgan fingerprint density at radius 1 is 1.27 bits per heavy atom. The highest BCUT2D eigenvalue weighted by Crippen LogP contribution is 2.29.